The van der Waals surface area contributed by atoms with Crippen LogP contribution < -0.4 is 41.7 Å². The Balaban J connectivity index is 0.732. The van der Waals surface area contributed by atoms with Gasteiger partial charge >= 0.3 is 0 Å². The summed E-state index contributed by atoms with van der Waals surface area (Å²) < 4.78 is 0. The smallest absolute Gasteiger partial charge is 0.245 e. The Hall–Kier alpha value is -12.3. The van der Waals surface area contributed by atoms with Gasteiger partial charge in [-0.2, -0.15) is 0 Å². The van der Waals surface area contributed by atoms with E-state index in [1.165, 1.54) is 0 Å². The number of rotatable bonds is 35. The Kier molecular flexibility index (Phi) is 26.7. The molecular weight excluding hydrogens is 1250 g/mol. The summed E-state index contributed by atoms with van der Waals surface area (Å²) in [6.45, 7) is 1.27. The molecule has 4 aromatic heterocycles. The van der Waals surface area contributed by atoms with Crippen molar-refractivity contribution >= 4 is 59.2 Å². The second-order valence-electron chi connectivity index (χ2n) is 23.8. The fourth-order valence-electron chi connectivity index (χ4n) is 11.0. The average molecular weight is 1330 g/mol. The number of pyridine rings is 4. The van der Waals surface area contributed by atoms with Crippen LogP contribution in [0.1, 0.15) is 56.2 Å². The zero-order valence-electron chi connectivity index (χ0n) is 55.4. The molecule has 100 heavy (non-hydrogen) atoms. The molecule has 10 rings (SSSR count). The molecule has 6 amide bonds. The molecule has 0 fully saturated rings. The number of carbonyl (C=O) groups is 6. The molecule has 0 aliphatic carbocycles. The van der Waals surface area contributed by atoms with Crippen LogP contribution in [0.15, 0.2) is 277 Å². The van der Waals surface area contributed by atoms with Crippen LogP contribution >= 0.6 is 0 Å². The van der Waals surface area contributed by atoms with E-state index in [0.29, 0.717) is 26.2 Å². The van der Waals surface area contributed by atoms with Gasteiger partial charge in [0.1, 0.15) is 24.2 Å². The van der Waals surface area contributed by atoms with Crippen LogP contribution in [0, 0.1) is 0 Å². The lowest BCUT2D eigenvalue weighted by atomic mass is 10.0. The highest BCUT2D eigenvalue weighted by Gasteiger charge is 2.26. The van der Waals surface area contributed by atoms with Crippen molar-refractivity contribution in [2.45, 2.75) is 76.0 Å². The van der Waals surface area contributed by atoms with Gasteiger partial charge in [0.25, 0.3) is 0 Å². The number of aliphatic imine (C=N–C) groups is 2. The first-order chi connectivity index (χ1) is 49.0. The lowest BCUT2D eigenvalue weighted by Crippen LogP contribution is -2.53. The molecule has 20 heteroatoms. The highest BCUT2D eigenvalue weighted by atomic mass is 16.2. The monoisotopic (exact) mass is 1330 g/mol. The number of aromatic nitrogens is 4. The fraction of sp³-hybridized carbons (Fsp3) is 0.200. The van der Waals surface area contributed by atoms with E-state index in [1.807, 2.05) is 243 Å². The van der Waals surface area contributed by atoms with Gasteiger partial charge in [0.2, 0.25) is 35.4 Å². The van der Waals surface area contributed by atoms with Gasteiger partial charge in [-0.25, -0.2) is 0 Å². The number of hydrogen-bond donors (Lipinski definition) is 6. The van der Waals surface area contributed by atoms with Crippen molar-refractivity contribution < 1.29 is 28.8 Å². The molecular formula is C80H80N14O6. The van der Waals surface area contributed by atoms with Gasteiger partial charge in [-0.3, -0.25) is 58.7 Å². The Bertz CT molecular complexity index is 3870. The molecule has 2 unspecified atom stereocenters. The van der Waals surface area contributed by atoms with Gasteiger partial charge in [-0.15, -0.1) is 0 Å². The maximum atomic E-state index is 14.0. The SMILES string of the molecule is O=C(CNC(=O)C(Cc1ccccc1)/N=C/c1ccc(N(Cc2ccccn2)Cc2ccccn2)cc1)NC(Cc1ccccc1)C(=O)NCCNC(=O)[C@@H](Cc1ccccc1)NC(=O)CNC(=O)[C@H](Cc1ccccc1)/N=C\c1ccc(N(Cc2ccccn2)Cc2ccccn2)cc1. The van der Waals surface area contributed by atoms with Crippen molar-refractivity contribution in [3.8, 4) is 0 Å². The standard InChI is InChI=1S/C80H80N14O6/c95-75(53-89-77(97)71(47-59-21-5-1-6-22-59)87-51-63-33-37-69(38-34-63)93(55-65-29-13-17-41-81-65)56-66-30-14-18-42-82-66)91-73(49-61-25-9-3-10-26-61)79(99)85-45-46-86-80(100)74(50-62-27-11-4-12-28-62)92-76(96)54-90-78(98)72(48-60-23-7-2-8-24-60)88-52-64-35-39-70(40-36-64)94(57-67-31-15-19-43-83-67)58-68-32-16-20-44-84-68/h1-44,51-52,71-74H,45-50,53-58H2,(H,85,99)(H,86,100)(H,89,97)(H,90,98)(H,91,95)(H,92,96)/b87-51-,88-52+/t71-,72?,73+,74?/m0/s1. The molecule has 4 atom stereocenters. The van der Waals surface area contributed by atoms with Gasteiger partial charge in [0.05, 0.1) is 62.0 Å². The van der Waals surface area contributed by atoms with E-state index < -0.39 is 72.7 Å². The topological polar surface area (TPSA) is 257 Å². The van der Waals surface area contributed by atoms with Crippen molar-refractivity contribution in [3.05, 3.63) is 324 Å². The highest BCUT2D eigenvalue weighted by Crippen LogP contribution is 2.23. The maximum absolute atomic E-state index is 14.0. The molecule has 0 spiro atoms. The first-order valence-corrected chi connectivity index (χ1v) is 33.2. The summed E-state index contributed by atoms with van der Waals surface area (Å²) in [4.78, 5) is 116. The predicted molar refractivity (Wildman–Crippen MR) is 389 cm³/mol. The van der Waals surface area contributed by atoms with Crippen molar-refractivity contribution in [2.24, 2.45) is 9.98 Å². The summed E-state index contributed by atoms with van der Waals surface area (Å²) in [6.07, 6.45) is 11.2. The van der Waals surface area contributed by atoms with Crippen LogP contribution in [-0.2, 0) is 80.6 Å². The molecule has 0 saturated carbocycles. The predicted octanol–water partition coefficient (Wildman–Crippen LogP) is 8.36. The normalized spacial score (nSPS) is 12.3. The number of benzene rings is 6. The third-order valence-corrected chi connectivity index (χ3v) is 16.2. The van der Waals surface area contributed by atoms with Crippen LogP contribution in [-0.4, -0.2) is 118 Å². The van der Waals surface area contributed by atoms with Crippen molar-refractivity contribution in [3.63, 3.8) is 0 Å². The lowest BCUT2D eigenvalue weighted by molar-refractivity contribution is -0.130. The molecule has 6 aromatic carbocycles. The number of amides is 6. The maximum Gasteiger partial charge on any atom is 0.245 e. The first kappa shape index (κ1) is 70.5. The quantitative estimate of drug-likeness (QED) is 0.0162. The minimum Gasteiger partial charge on any atom is -0.360 e. The molecule has 0 saturated heterocycles. The molecule has 0 aliphatic heterocycles. The van der Waals surface area contributed by atoms with Crippen LogP contribution in [0.4, 0.5) is 11.4 Å². The van der Waals surface area contributed by atoms with Crippen LogP contribution in [0.25, 0.3) is 0 Å². The number of nitrogens with zero attached hydrogens (tertiary/aromatic N) is 8. The summed E-state index contributed by atoms with van der Waals surface area (Å²) in [5.74, 6) is -3.23. The zero-order valence-corrected chi connectivity index (χ0v) is 55.4. The van der Waals surface area contributed by atoms with Gasteiger partial charge in [-0.1, -0.05) is 170 Å². The number of hydrogen-bond acceptors (Lipinski definition) is 14. The largest absolute Gasteiger partial charge is 0.360 e. The third-order valence-electron chi connectivity index (χ3n) is 16.2. The molecule has 506 valence electrons. The summed E-state index contributed by atoms with van der Waals surface area (Å²) in [5, 5.41) is 16.8. The molecule has 0 aliphatic rings. The molecule has 10 aromatic rings. The Labute approximate surface area is 582 Å². The summed E-state index contributed by atoms with van der Waals surface area (Å²) in [7, 11) is 0. The Morgan fingerprint density at radius 1 is 0.330 bits per heavy atom. The average Bonchev–Trinajstić information content (AvgIpc) is 0.875. The lowest BCUT2D eigenvalue weighted by Gasteiger charge is -2.24. The molecule has 4 heterocycles. The minimum atomic E-state index is -1.07. The van der Waals surface area contributed by atoms with Crippen LogP contribution in [0.5, 0.6) is 0 Å². The van der Waals surface area contributed by atoms with Crippen molar-refractivity contribution in [1.29, 1.82) is 0 Å². The van der Waals surface area contributed by atoms with Crippen molar-refractivity contribution in [2.75, 3.05) is 36.0 Å². The van der Waals surface area contributed by atoms with Gasteiger partial charge < -0.3 is 41.7 Å². The zero-order chi connectivity index (χ0) is 69.4. The van der Waals surface area contributed by atoms with E-state index in [1.54, 1.807) is 37.2 Å². The van der Waals surface area contributed by atoms with E-state index >= 15 is 0 Å². The molecule has 0 bridgehead atoms. The van der Waals surface area contributed by atoms with Crippen molar-refractivity contribution in [1.82, 2.24) is 51.8 Å². The Morgan fingerprint density at radius 3 is 0.910 bits per heavy atom. The number of anilines is 2. The van der Waals surface area contributed by atoms with E-state index in [0.717, 1.165) is 67.5 Å². The third kappa shape index (κ3) is 23.2. The Morgan fingerprint density at radius 2 is 0.620 bits per heavy atom. The summed E-state index contributed by atoms with van der Waals surface area (Å²) in [6, 6.07) is 72.4. The van der Waals surface area contributed by atoms with E-state index in [9.17, 15) is 28.8 Å². The van der Waals surface area contributed by atoms with Gasteiger partial charge in [-0.05, 0) is 106 Å². The summed E-state index contributed by atoms with van der Waals surface area (Å²) in [5.41, 5.74) is 10.3. The van der Waals surface area contributed by atoms with Gasteiger partial charge in [0.15, 0.2) is 0 Å². The number of carbonyl (C=O) groups excluding carboxylic acids is 6. The number of nitrogens with one attached hydrogen (secondary N) is 6. The second kappa shape index (κ2) is 37.8. The fourth-order valence-corrected chi connectivity index (χ4v) is 11.0. The minimum absolute atomic E-state index is 0.0368. The molecule has 6 N–H and O–H groups in total. The first-order valence-electron chi connectivity index (χ1n) is 33.2. The second-order valence-corrected chi connectivity index (χ2v) is 23.8. The molecule has 20 nitrogen and oxygen atoms in total. The molecule has 0 radical (unpaired) electrons. The van der Waals surface area contributed by atoms with E-state index in [4.69, 9.17) is 9.98 Å². The van der Waals surface area contributed by atoms with Crippen LogP contribution in [0.3, 0.4) is 0 Å². The van der Waals surface area contributed by atoms with E-state index in [-0.39, 0.29) is 38.8 Å². The van der Waals surface area contributed by atoms with E-state index in [2.05, 4.69) is 61.6 Å². The van der Waals surface area contributed by atoms with Crippen LogP contribution in [0.2, 0.25) is 0 Å². The van der Waals surface area contributed by atoms with Gasteiger partial charge in [0, 0.05) is 87.4 Å². The summed E-state index contributed by atoms with van der Waals surface area (Å²) >= 11 is 0. The highest BCUT2D eigenvalue weighted by molar-refractivity contribution is 5.94.